The molecule has 0 bridgehead atoms. The number of hydrogen-bond donors (Lipinski definition) is 1. The summed E-state index contributed by atoms with van der Waals surface area (Å²) in [5.74, 6) is -0.124. The predicted octanol–water partition coefficient (Wildman–Crippen LogP) is 6.25. The predicted molar refractivity (Wildman–Crippen MR) is 142 cm³/mol. The smallest absolute Gasteiger partial charge is 0.335 e. The molecule has 0 saturated carbocycles. The van der Waals surface area contributed by atoms with Crippen molar-refractivity contribution in [3.05, 3.63) is 93.3 Å². The maximum atomic E-state index is 13.0. The van der Waals surface area contributed by atoms with Gasteiger partial charge in [0.2, 0.25) is 0 Å². The molecule has 1 aliphatic heterocycles. The lowest BCUT2D eigenvalue weighted by Gasteiger charge is -2.12. The van der Waals surface area contributed by atoms with Gasteiger partial charge in [0, 0.05) is 17.1 Å². The summed E-state index contributed by atoms with van der Waals surface area (Å²) < 4.78 is 11.4. The van der Waals surface area contributed by atoms with Crippen molar-refractivity contribution in [3.63, 3.8) is 0 Å². The second kappa shape index (κ2) is 11.3. The Kier molecular flexibility index (Phi) is 7.97. The molecule has 0 radical (unpaired) electrons. The van der Waals surface area contributed by atoms with Crippen LogP contribution in [0.2, 0.25) is 5.02 Å². The quantitative estimate of drug-likeness (QED) is 0.352. The Morgan fingerprint density at radius 2 is 1.92 bits per heavy atom. The third kappa shape index (κ3) is 5.72. The van der Waals surface area contributed by atoms with Crippen LogP contribution in [-0.4, -0.2) is 40.7 Å². The topological polar surface area (TPSA) is 88.4 Å². The van der Waals surface area contributed by atoms with Gasteiger partial charge in [-0.15, -0.1) is 0 Å². The summed E-state index contributed by atoms with van der Waals surface area (Å²) in [7, 11) is 1.55. The minimum absolute atomic E-state index is 0.133. The van der Waals surface area contributed by atoms with E-state index in [1.165, 1.54) is 23.9 Å². The molecule has 1 N–H and O–H groups in total. The molecule has 0 unspecified atom stereocenters. The molecule has 0 atom stereocenters. The average molecular weight is 523 g/mol. The summed E-state index contributed by atoms with van der Waals surface area (Å²) in [6.07, 6.45) is 1.77. The number of amides is 1. The SMILES string of the molecule is CCN1C(=O)/C(=C\c2ccc(OCc3ccccc3Cl)c(OC)c2)SC1=Nc1cccc(C(=O)O)c1. The highest BCUT2D eigenvalue weighted by atomic mass is 35.5. The highest BCUT2D eigenvalue weighted by Crippen LogP contribution is 2.36. The molecule has 36 heavy (non-hydrogen) atoms. The number of carboxylic acids is 1. The number of methoxy groups -OCH3 is 1. The monoisotopic (exact) mass is 522 g/mol. The Morgan fingerprint density at radius 3 is 2.64 bits per heavy atom. The molecule has 1 saturated heterocycles. The van der Waals surface area contributed by atoms with Crippen LogP contribution in [0.5, 0.6) is 11.5 Å². The first-order valence-electron chi connectivity index (χ1n) is 11.1. The number of nitrogens with zero attached hydrogens (tertiary/aromatic N) is 2. The van der Waals surface area contributed by atoms with Crippen LogP contribution in [0.15, 0.2) is 76.6 Å². The van der Waals surface area contributed by atoms with Gasteiger partial charge in [-0.1, -0.05) is 41.9 Å². The number of aromatic carboxylic acids is 1. The van der Waals surface area contributed by atoms with E-state index in [1.54, 1.807) is 42.4 Å². The molecule has 3 aromatic rings. The van der Waals surface area contributed by atoms with Gasteiger partial charge in [-0.3, -0.25) is 9.69 Å². The number of rotatable bonds is 8. The van der Waals surface area contributed by atoms with Gasteiger partial charge in [-0.2, -0.15) is 0 Å². The summed E-state index contributed by atoms with van der Waals surface area (Å²) in [6, 6.07) is 19.2. The van der Waals surface area contributed by atoms with Crippen LogP contribution in [0.4, 0.5) is 5.69 Å². The molecule has 1 heterocycles. The van der Waals surface area contributed by atoms with Gasteiger partial charge in [0.05, 0.1) is 23.3 Å². The highest BCUT2D eigenvalue weighted by molar-refractivity contribution is 8.18. The molecule has 0 spiro atoms. The number of carbonyl (C=O) groups excluding carboxylic acids is 1. The number of hydrogen-bond acceptors (Lipinski definition) is 6. The number of aliphatic imine (C=N–C) groups is 1. The molecular formula is C27H23ClN2O5S. The van der Waals surface area contributed by atoms with Crippen molar-refractivity contribution < 1.29 is 24.2 Å². The van der Waals surface area contributed by atoms with Crippen LogP contribution in [0.3, 0.4) is 0 Å². The lowest BCUT2D eigenvalue weighted by molar-refractivity contribution is -0.122. The normalized spacial score (nSPS) is 15.5. The molecule has 1 aliphatic rings. The van der Waals surface area contributed by atoms with Crippen molar-refractivity contribution in [1.82, 2.24) is 4.90 Å². The molecule has 4 rings (SSSR count). The number of carboxylic acid groups (broad SMARTS) is 1. The van der Waals surface area contributed by atoms with E-state index in [9.17, 15) is 14.7 Å². The summed E-state index contributed by atoms with van der Waals surface area (Å²) >= 11 is 7.45. The molecule has 1 fully saturated rings. The molecule has 1 amide bonds. The maximum Gasteiger partial charge on any atom is 0.335 e. The first-order chi connectivity index (χ1) is 17.4. The summed E-state index contributed by atoms with van der Waals surface area (Å²) in [4.78, 5) is 30.9. The zero-order valence-corrected chi connectivity index (χ0v) is 21.2. The first kappa shape index (κ1) is 25.3. The lowest BCUT2D eigenvalue weighted by atomic mass is 10.1. The summed E-state index contributed by atoms with van der Waals surface area (Å²) in [5.41, 5.74) is 2.22. The fourth-order valence-electron chi connectivity index (χ4n) is 3.50. The third-order valence-corrected chi connectivity index (χ3v) is 6.72. The van der Waals surface area contributed by atoms with Crippen molar-refractivity contribution in [2.45, 2.75) is 13.5 Å². The van der Waals surface area contributed by atoms with E-state index in [-0.39, 0.29) is 11.5 Å². The van der Waals surface area contributed by atoms with Gasteiger partial charge in [0.1, 0.15) is 6.61 Å². The Hall–Kier alpha value is -3.75. The van der Waals surface area contributed by atoms with E-state index in [2.05, 4.69) is 4.99 Å². The van der Waals surface area contributed by atoms with E-state index in [1.807, 2.05) is 37.3 Å². The second-order valence-electron chi connectivity index (χ2n) is 7.70. The number of carbonyl (C=O) groups is 2. The van der Waals surface area contributed by atoms with Gasteiger partial charge in [-0.25, -0.2) is 9.79 Å². The third-order valence-electron chi connectivity index (χ3n) is 5.35. The number of benzene rings is 3. The molecule has 184 valence electrons. The summed E-state index contributed by atoms with van der Waals surface area (Å²) in [5, 5.41) is 10.3. The van der Waals surface area contributed by atoms with E-state index >= 15 is 0 Å². The molecule has 0 aliphatic carbocycles. The number of thioether (sulfide) groups is 1. The van der Waals surface area contributed by atoms with Crippen molar-refractivity contribution >= 4 is 52.2 Å². The fraction of sp³-hybridized carbons (Fsp3) is 0.148. The maximum absolute atomic E-state index is 13.0. The van der Waals surface area contributed by atoms with Crippen LogP contribution in [0.1, 0.15) is 28.4 Å². The van der Waals surface area contributed by atoms with E-state index in [4.69, 9.17) is 21.1 Å². The molecule has 0 aromatic heterocycles. The van der Waals surface area contributed by atoms with E-state index < -0.39 is 5.97 Å². The van der Waals surface area contributed by atoms with Crippen molar-refractivity contribution in [1.29, 1.82) is 0 Å². The van der Waals surface area contributed by atoms with Gasteiger partial charge >= 0.3 is 5.97 Å². The van der Waals surface area contributed by atoms with Crippen LogP contribution in [0.25, 0.3) is 6.08 Å². The van der Waals surface area contributed by atoms with E-state index in [0.717, 1.165) is 11.1 Å². The minimum atomic E-state index is -1.03. The molecule has 7 nitrogen and oxygen atoms in total. The zero-order valence-electron chi connectivity index (χ0n) is 19.6. The number of ether oxygens (including phenoxy) is 2. The second-order valence-corrected chi connectivity index (χ2v) is 9.12. The molecule has 3 aromatic carbocycles. The molecule has 9 heteroatoms. The standard InChI is InChI=1S/C27H23ClN2O5S/c1-3-30-25(31)24(36-27(30)29-20-9-6-8-18(15-20)26(32)33)14-17-11-12-22(23(13-17)34-2)35-16-19-7-4-5-10-21(19)28/h4-15H,3,16H2,1-2H3,(H,32,33)/b24-14+,29-27?. The van der Waals surface area contributed by atoms with Crippen molar-refractivity contribution in [2.75, 3.05) is 13.7 Å². The number of halogens is 1. The Labute approximate surface area is 218 Å². The Morgan fingerprint density at radius 1 is 1.11 bits per heavy atom. The van der Waals surface area contributed by atoms with Gasteiger partial charge in [0.25, 0.3) is 5.91 Å². The lowest BCUT2D eigenvalue weighted by Crippen LogP contribution is -2.28. The molecular weight excluding hydrogens is 500 g/mol. The Bertz CT molecular complexity index is 1370. The van der Waals surface area contributed by atoms with Crippen molar-refractivity contribution in [3.8, 4) is 11.5 Å². The van der Waals surface area contributed by atoms with Crippen molar-refractivity contribution in [2.24, 2.45) is 4.99 Å². The largest absolute Gasteiger partial charge is 0.493 e. The zero-order chi connectivity index (χ0) is 25.7. The van der Waals surface area contributed by atoms with Crippen LogP contribution >= 0.6 is 23.4 Å². The fourth-order valence-corrected chi connectivity index (χ4v) is 4.76. The first-order valence-corrected chi connectivity index (χ1v) is 12.3. The number of amidine groups is 1. The van der Waals surface area contributed by atoms with Crippen LogP contribution in [-0.2, 0) is 11.4 Å². The van der Waals surface area contributed by atoms with E-state index in [0.29, 0.717) is 45.4 Å². The average Bonchev–Trinajstić information content (AvgIpc) is 3.17. The van der Waals surface area contributed by atoms with Crippen LogP contribution < -0.4 is 9.47 Å². The van der Waals surface area contributed by atoms with Crippen LogP contribution in [0, 0.1) is 0 Å². The number of likely N-dealkylation sites (N-methyl/N-ethyl adjacent to an activating group) is 1. The Balaban J connectivity index is 1.56. The van der Waals surface area contributed by atoms with Gasteiger partial charge in [0.15, 0.2) is 16.7 Å². The van der Waals surface area contributed by atoms with Gasteiger partial charge < -0.3 is 14.6 Å². The minimum Gasteiger partial charge on any atom is -0.493 e. The summed E-state index contributed by atoms with van der Waals surface area (Å²) in [6.45, 7) is 2.58. The highest BCUT2D eigenvalue weighted by Gasteiger charge is 2.32. The van der Waals surface area contributed by atoms with Gasteiger partial charge in [-0.05, 0) is 66.7 Å².